The molecule has 0 atom stereocenters. The quantitative estimate of drug-likeness (QED) is 0.153. The van der Waals surface area contributed by atoms with Crippen LogP contribution in [0.15, 0.2) is 59.0 Å². The fourth-order valence-corrected chi connectivity index (χ4v) is 5.80. The molecular formula is C31H22F4N3O7+. The lowest BCUT2D eigenvalue weighted by atomic mass is 9.89. The van der Waals surface area contributed by atoms with E-state index in [9.17, 15) is 41.8 Å². The van der Waals surface area contributed by atoms with Crippen LogP contribution in [0.5, 0.6) is 0 Å². The van der Waals surface area contributed by atoms with E-state index in [0.29, 0.717) is 32.6 Å². The average Bonchev–Trinajstić information content (AvgIpc) is 3.28. The summed E-state index contributed by atoms with van der Waals surface area (Å²) in [6.07, 6.45) is -0.232. The van der Waals surface area contributed by atoms with Gasteiger partial charge in [0.1, 0.15) is 11.3 Å². The van der Waals surface area contributed by atoms with Gasteiger partial charge in [-0.15, -0.1) is 5.06 Å². The second-order valence-corrected chi connectivity index (χ2v) is 11.3. The number of alkyl halides is 4. The van der Waals surface area contributed by atoms with Gasteiger partial charge in [-0.3, -0.25) is 9.59 Å². The van der Waals surface area contributed by atoms with Crippen LogP contribution in [0.4, 0.5) is 23.2 Å². The number of carbonyl (C=O) groups excluding carboxylic acids is 3. The van der Waals surface area contributed by atoms with Gasteiger partial charge in [-0.2, -0.15) is 8.78 Å². The maximum atomic E-state index is 13.6. The molecule has 14 heteroatoms. The van der Waals surface area contributed by atoms with Crippen LogP contribution in [0.2, 0.25) is 0 Å². The van der Waals surface area contributed by atoms with Crippen molar-refractivity contribution in [3.8, 4) is 22.5 Å². The Hall–Kier alpha value is -5.27. The van der Waals surface area contributed by atoms with Gasteiger partial charge in [0.15, 0.2) is 0 Å². The van der Waals surface area contributed by atoms with Crippen LogP contribution in [-0.4, -0.2) is 71.9 Å². The van der Waals surface area contributed by atoms with Gasteiger partial charge in [0.25, 0.3) is 17.7 Å². The largest absolute Gasteiger partial charge is 0.478 e. The maximum absolute atomic E-state index is 13.6. The van der Waals surface area contributed by atoms with E-state index in [4.69, 9.17) is 9.25 Å². The van der Waals surface area contributed by atoms with Gasteiger partial charge < -0.3 is 19.3 Å². The second-order valence-electron chi connectivity index (χ2n) is 11.3. The Morgan fingerprint density at radius 3 is 2.22 bits per heavy atom. The summed E-state index contributed by atoms with van der Waals surface area (Å²) in [4.78, 5) is 55.9. The minimum atomic E-state index is -2.84. The molecule has 230 valence electrons. The molecule has 7 rings (SSSR count). The lowest BCUT2D eigenvalue weighted by Crippen LogP contribution is -2.57. The topological polar surface area (TPSA) is 120 Å². The predicted octanol–water partition coefficient (Wildman–Crippen LogP) is 4.00. The van der Waals surface area contributed by atoms with Crippen molar-refractivity contribution in [3.63, 3.8) is 0 Å². The normalized spacial score (nSPS) is 18.7. The Morgan fingerprint density at radius 2 is 1.58 bits per heavy atom. The zero-order valence-electron chi connectivity index (χ0n) is 23.2. The number of amides is 2. The average molecular weight is 625 g/mol. The molecule has 1 N–H and O–H groups in total. The molecule has 0 aromatic heterocycles. The van der Waals surface area contributed by atoms with E-state index in [1.54, 1.807) is 24.3 Å². The molecule has 3 saturated heterocycles. The number of anilines is 1. The van der Waals surface area contributed by atoms with E-state index in [-0.39, 0.29) is 40.9 Å². The van der Waals surface area contributed by atoms with Gasteiger partial charge in [-0.1, -0.05) is 0 Å². The van der Waals surface area contributed by atoms with Crippen LogP contribution >= 0.6 is 0 Å². The van der Waals surface area contributed by atoms with E-state index in [2.05, 4.69) is 0 Å². The first-order valence-corrected chi connectivity index (χ1v) is 13.8. The van der Waals surface area contributed by atoms with E-state index < -0.39 is 61.8 Å². The Morgan fingerprint density at radius 1 is 0.867 bits per heavy atom. The van der Waals surface area contributed by atoms with E-state index in [0.717, 1.165) is 0 Å². The summed E-state index contributed by atoms with van der Waals surface area (Å²) < 4.78 is 62.1. The molecule has 2 aromatic carbocycles. The third-order valence-corrected chi connectivity index (χ3v) is 8.04. The molecule has 0 saturated carbocycles. The zero-order valence-corrected chi connectivity index (χ0v) is 23.2. The first-order valence-electron chi connectivity index (χ1n) is 13.8. The standard InChI is InChI=1S/C31H21F4N3O7/c32-30(33)12-36(13-30)17-2-5-20-23(10-17)44-24-11-18(37-14-31(34,35)15-37)3-6-21(24)27(20)22-9-16(1-4-19(22)28(41)42)29(43)45-38-25(39)7-8-26(38)40/h1-6,9-11H,7-8,12-15H2/p+1. The van der Waals surface area contributed by atoms with Crippen molar-refractivity contribution in [2.45, 2.75) is 24.7 Å². The lowest BCUT2D eigenvalue weighted by Gasteiger charge is -2.40. The summed E-state index contributed by atoms with van der Waals surface area (Å²) in [7, 11) is 0. The number of carbonyl (C=O) groups is 4. The van der Waals surface area contributed by atoms with Crippen molar-refractivity contribution in [2.24, 2.45) is 0 Å². The number of halogens is 4. The number of hydrogen-bond donors (Lipinski definition) is 1. The summed E-state index contributed by atoms with van der Waals surface area (Å²) in [6.45, 7) is -1.99. The fourth-order valence-electron chi connectivity index (χ4n) is 5.80. The highest BCUT2D eigenvalue weighted by molar-refractivity contribution is 6.09. The second kappa shape index (κ2) is 9.87. The van der Waals surface area contributed by atoms with Crippen molar-refractivity contribution in [1.82, 2.24) is 9.64 Å². The molecular weight excluding hydrogens is 602 g/mol. The van der Waals surface area contributed by atoms with Gasteiger partial charge in [0.05, 0.1) is 30.3 Å². The molecule has 4 aliphatic heterocycles. The molecule has 5 aliphatic rings. The van der Waals surface area contributed by atoms with Crippen molar-refractivity contribution in [3.05, 3.63) is 71.1 Å². The summed E-state index contributed by atoms with van der Waals surface area (Å²) in [5.41, 5.74) is 0.960. The van der Waals surface area contributed by atoms with Gasteiger partial charge in [0.2, 0.25) is 18.4 Å². The summed E-state index contributed by atoms with van der Waals surface area (Å²) in [6, 6.07) is 13.0. The molecule has 0 unspecified atom stereocenters. The molecule has 2 aromatic rings. The van der Waals surface area contributed by atoms with Gasteiger partial charge in [-0.25, -0.2) is 22.9 Å². The molecule has 1 aliphatic carbocycles. The first-order chi connectivity index (χ1) is 21.3. The number of fused-ring (bicyclic) bond motifs is 2. The van der Waals surface area contributed by atoms with Crippen LogP contribution in [0, 0.1) is 0 Å². The summed E-state index contributed by atoms with van der Waals surface area (Å²) >= 11 is 0. The molecule has 0 spiro atoms. The van der Waals surface area contributed by atoms with Gasteiger partial charge in [0, 0.05) is 47.2 Å². The number of hydrogen-bond acceptors (Lipinski definition) is 7. The number of carboxylic acid groups (broad SMARTS) is 1. The number of benzene rings is 3. The Balaban J connectivity index is 1.42. The Labute approximate surface area is 250 Å². The minimum absolute atomic E-state index is 0.0493. The fraction of sp³-hybridized carbons (Fsp3) is 0.258. The number of imide groups is 1. The number of aromatic carboxylic acids is 1. The van der Waals surface area contributed by atoms with Crippen LogP contribution in [0.3, 0.4) is 0 Å². The third kappa shape index (κ3) is 4.95. The molecule has 10 nitrogen and oxygen atoms in total. The third-order valence-electron chi connectivity index (χ3n) is 8.04. The Kier molecular flexibility index (Phi) is 6.25. The van der Waals surface area contributed by atoms with E-state index >= 15 is 0 Å². The lowest BCUT2D eigenvalue weighted by molar-refractivity contribution is -0.172. The Bertz CT molecular complexity index is 1990. The van der Waals surface area contributed by atoms with Crippen molar-refractivity contribution in [2.75, 3.05) is 31.1 Å². The highest BCUT2D eigenvalue weighted by Crippen LogP contribution is 2.43. The van der Waals surface area contributed by atoms with E-state index in [1.165, 1.54) is 39.8 Å². The van der Waals surface area contributed by atoms with Crippen LogP contribution < -0.4 is 14.8 Å². The highest BCUT2D eigenvalue weighted by atomic mass is 19.3. The van der Waals surface area contributed by atoms with Crippen molar-refractivity contribution >= 4 is 40.4 Å². The van der Waals surface area contributed by atoms with Crippen LogP contribution in [0.25, 0.3) is 33.4 Å². The smallest absolute Gasteiger partial charge is 0.363 e. The first kappa shape index (κ1) is 28.5. The predicted molar refractivity (Wildman–Crippen MR) is 149 cm³/mol. The molecule has 0 bridgehead atoms. The highest BCUT2D eigenvalue weighted by Gasteiger charge is 2.50. The maximum Gasteiger partial charge on any atom is 0.363 e. The summed E-state index contributed by atoms with van der Waals surface area (Å²) in [5, 5.41) is 11.3. The molecule has 3 fully saturated rings. The van der Waals surface area contributed by atoms with Crippen molar-refractivity contribution in [1.29, 1.82) is 0 Å². The molecule has 45 heavy (non-hydrogen) atoms. The van der Waals surface area contributed by atoms with Gasteiger partial charge >= 0.3 is 17.9 Å². The molecule has 2 amide bonds. The van der Waals surface area contributed by atoms with Crippen LogP contribution in [0.1, 0.15) is 33.6 Å². The monoisotopic (exact) mass is 624 g/mol. The minimum Gasteiger partial charge on any atom is -0.478 e. The van der Waals surface area contributed by atoms with Crippen molar-refractivity contribution < 1.29 is 51.1 Å². The zero-order chi connectivity index (χ0) is 31.8. The summed E-state index contributed by atoms with van der Waals surface area (Å²) in [5.74, 6) is -9.29. The number of rotatable bonds is 5. The number of hydroxylamine groups is 2. The molecule has 0 radical (unpaired) electrons. The number of nitrogens with zero attached hydrogens (tertiary/aromatic N) is 3. The number of carboxylic acids is 1. The van der Waals surface area contributed by atoms with Crippen LogP contribution in [-0.2, 0) is 14.4 Å². The molecule has 4 heterocycles. The van der Waals surface area contributed by atoms with Gasteiger partial charge in [-0.05, 0) is 42.0 Å². The van der Waals surface area contributed by atoms with E-state index in [1.807, 2.05) is 0 Å². The SMILES string of the molecule is O=C(ON1C(=O)CCC1=O)c1ccc(C(=O)O)c(-c2c3ccc(=[N+]4CC(F)(F)C4)cc-3oc3cc(N4CC(F)(F)C4)ccc23)c1.